The quantitative estimate of drug-likeness (QED) is 0.311. The van der Waals surface area contributed by atoms with E-state index in [9.17, 15) is 14.4 Å². The molecule has 62 valence electrons. The SMILES string of the molecule is CC#CCN1C(=O)NC(=O)C1=O. The van der Waals surface area contributed by atoms with Crippen LogP contribution in [0.2, 0.25) is 0 Å². The molecule has 1 saturated heterocycles. The van der Waals surface area contributed by atoms with Crippen molar-refractivity contribution in [3.8, 4) is 11.8 Å². The molecule has 0 aliphatic carbocycles. The molecule has 0 saturated carbocycles. The van der Waals surface area contributed by atoms with E-state index in [4.69, 9.17) is 0 Å². The van der Waals surface area contributed by atoms with Crippen molar-refractivity contribution in [2.75, 3.05) is 6.54 Å². The predicted molar refractivity (Wildman–Crippen MR) is 38.7 cm³/mol. The molecule has 5 nitrogen and oxygen atoms in total. The van der Waals surface area contributed by atoms with Gasteiger partial charge in [0.1, 0.15) is 0 Å². The summed E-state index contributed by atoms with van der Waals surface area (Å²) in [6, 6.07) is -0.701. The Kier molecular flexibility index (Phi) is 2.10. The maximum absolute atomic E-state index is 10.8. The number of hydrogen-bond acceptors (Lipinski definition) is 3. The standard InChI is InChI=1S/C7H6N2O3/c1-2-3-4-9-6(11)5(10)8-7(9)12/h4H2,1H3,(H,8,10,12). The van der Waals surface area contributed by atoms with Gasteiger partial charge < -0.3 is 0 Å². The van der Waals surface area contributed by atoms with Crippen LogP contribution in [0.3, 0.4) is 0 Å². The Labute approximate surface area is 68.7 Å². The molecule has 0 radical (unpaired) electrons. The number of carbonyl (C=O) groups excluding carboxylic acids is 3. The van der Waals surface area contributed by atoms with Gasteiger partial charge in [0.15, 0.2) is 0 Å². The minimum atomic E-state index is -0.891. The molecule has 12 heavy (non-hydrogen) atoms. The van der Waals surface area contributed by atoms with E-state index in [-0.39, 0.29) is 6.54 Å². The van der Waals surface area contributed by atoms with Crippen LogP contribution in [0.25, 0.3) is 0 Å². The molecule has 5 heteroatoms. The maximum Gasteiger partial charge on any atom is 0.332 e. The van der Waals surface area contributed by atoms with E-state index in [1.165, 1.54) is 0 Å². The normalized spacial score (nSPS) is 15.8. The fourth-order valence-corrected chi connectivity index (χ4v) is 0.735. The summed E-state index contributed by atoms with van der Waals surface area (Å²) in [4.78, 5) is 33.0. The van der Waals surface area contributed by atoms with Crippen LogP contribution in [0.5, 0.6) is 0 Å². The van der Waals surface area contributed by atoms with Crippen LogP contribution in [-0.2, 0) is 9.59 Å². The van der Waals surface area contributed by atoms with Crippen molar-refractivity contribution in [1.29, 1.82) is 0 Å². The predicted octanol–water partition coefficient (Wildman–Crippen LogP) is -0.912. The van der Waals surface area contributed by atoms with E-state index in [1.54, 1.807) is 6.92 Å². The van der Waals surface area contributed by atoms with Crippen LogP contribution >= 0.6 is 0 Å². The van der Waals surface area contributed by atoms with Gasteiger partial charge in [0, 0.05) is 0 Å². The minimum absolute atomic E-state index is 0.0348. The summed E-state index contributed by atoms with van der Waals surface area (Å²) in [6.45, 7) is 1.55. The minimum Gasteiger partial charge on any atom is -0.269 e. The van der Waals surface area contributed by atoms with Gasteiger partial charge in [0.05, 0.1) is 6.54 Å². The largest absolute Gasteiger partial charge is 0.332 e. The molecule has 1 rings (SSSR count). The molecule has 0 aromatic rings. The van der Waals surface area contributed by atoms with Crippen LogP contribution in [0, 0.1) is 11.8 Å². The summed E-state index contributed by atoms with van der Waals surface area (Å²) >= 11 is 0. The van der Waals surface area contributed by atoms with Crippen LogP contribution in [0.4, 0.5) is 4.79 Å². The highest BCUT2D eigenvalue weighted by Crippen LogP contribution is 1.98. The first kappa shape index (κ1) is 8.27. The van der Waals surface area contributed by atoms with Gasteiger partial charge in [0.2, 0.25) is 0 Å². The number of hydrogen-bond donors (Lipinski definition) is 1. The number of urea groups is 1. The number of rotatable bonds is 1. The molecule has 0 unspecified atom stereocenters. The lowest BCUT2D eigenvalue weighted by molar-refractivity contribution is -0.139. The molecular formula is C7H6N2O3. The first-order valence-electron chi connectivity index (χ1n) is 3.23. The van der Waals surface area contributed by atoms with Gasteiger partial charge in [-0.25, -0.2) is 9.69 Å². The first-order chi connectivity index (χ1) is 5.66. The number of nitrogens with zero attached hydrogens (tertiary/aromatic N) is 1. The smallest absolute Gasteiger partial charge is 0.269 e. The van der Waals surface area contributed by atoms with E-state index in [0.717, 1.165) is 4.90 Å². The Balaban J connectivity index is 2.74. The zero-order valence-electron chi connectivity index (χ0n) is 6.38. The second kappa shape index (κ2) is 3.05. The Hall–Kier alpha value is -1.83. The third-order valence-electron chi connectivity index (χ3n) is 1.32. The zero-order chi connectivity index (χ0) is 9.14. The second-order valence-corrected chi connectivity index (χ2v) is 2.08. The summed E-state index contributed by atoms with van der Waals surface area (Å²) in [6.07, 6.45) is 0. The van der Waals surface area contributed by atoms with Gasteiger partial charge in [-0.05, 0) is 6.92 Å². The molecule has 1 aliphatic heterocycles. The Morgan fingerprint density at radius 1 is 1.42 bits per heavy atom. The van der Waals surface area contributed by atoms with Crippen LogP contribution in [0.15, 0.2) is 0 Å². The maximum atomic E-state index is 10.8. The first-order valence-corrected chi connectivity index (χ1v) is 3.23. The topological polar surface area (TPSA) is 66.5 Å². The van der Waals surface area contributed by atoms with Crippen LogP contribution in [-0.4, -0.2) is 29.3 Å². The highest BCUT2D eigenvalue weighted by molar-refractivity contribution is 6.44. The third-order valence-corrected chi connectivity index (χ3v) is 1.32. The van der Waals surface area contributed by atoms with Gasteiger partial charge in [-0.3, -0.25) is 14.9 Å². The monoisotopic (exact) mass is 166 g/mol. The van der Waals surface area contributed by atoms with E-state index in [0.29, 0.717) is 0 Å². The lowest BCUT2D eigenvalue weighted by Gasteiger charge is -2.04. The second-order valence-electron chi connectivity index (χ2n) is 2.08. The van der Waals surface area contributed by atoms with E-state index >= 15 is 0 Å². The van der Waals surface area contributed by atoms with E-state index in [2.05, 4.69) is 11.8 Å². The molecule has 0 aromatic heterocycles. The molecule has 0 atom stereocenters. The molecule has 4 amide bonds. The molecule has 1 fully saturated rings. The number of imide groups is 2. The molecule has 0 aromatic carbocycles. The molecular weight excluding hydrogens is 160 g/mol. The summed E-state index contributed by atoms with van der Waals surface area (Å²) in [5.41, 5.74) is 0. The summed E-state index contributed by atoms with van der Waals surface area (Å²) in [5.74, 6) is 3.29. The van der Waals surface area contributed by atoms with Gasteiger partial charge >= 0.3 is 17.8 Å². The number of carbonyl (C=O) groups is 3. The summed E-state index contributed by atoms with van der Waals surface area (Å²) in [5, 5.41) is 1.86. The number of amides is 4. The molecule has 1 N–H and O–H groups in total. The number of nitrogens with one attached hydrogen (secondary N) is 1. The van der Waals surface area contributed by atoms with Crippen LogP contribution < -0.4 is 5.32 Å². The van der Waals surface area contributed by atoms with Crippen molar-refractivity contribution < 1.29 is 14.4 Å². The van der Waals surface area contributed by atoms with E-state index < -0.39 is 17.8 Å². The molecule has 0 spiro atoms. The lowest BCUT2D eigenvalue weighted by atomic mass is 10.5. The Bertz CT molecular complexity index is 310. The van der Waals surface area contributed by atoms with Gasteiger partial charge in [0.25, 0.3) is 0 Å². The zero-order valence-corrected chi connectivity index (χ0v) is 6.38. The van der Waals surface area contributed by atoms with Crippen molar-refractivity contribution in [2.24, 2.45) is 0 Å². The fourth-order valence-electron chi connectivity index (χ4n) is 0.735. The summed E-state index contributed by atoms with van der Waals surface area (Å²) in [7, 11) is 0. The van der Waals surface area contributed by atoms with Crippen molar-refractivity contribution in [3.05, 3.63) is 0 Å². The Morgan fingerprint density at radius 3 is 2.50 bits per heavy atom. The average Bonchev–Trinajstić information content (AvgIpc) is 2.25. The third kappa shape index (κ3) is 1.27. The van der Waals surface area contributed by atoms with E-state index in [1.807, 2.05) is 5.32 Å². The van der Waals surface area contributed by atoms with Gasteiger partial charge in [-0.15, -0.1) is 5.92 Å². The summed E-state index contributed by atoms with van der Waals surface area (Å²) < 4.78 is 0. The van der Waals surface area contributed by atoms with Crippen molar-refractivity contribution >= 4 is 17.8 Å². The van der Waals surface area contributed by atoms with Crippen molar-refractivity contribution in [3.63, 3.8) is 0 Å². The highest BCUT2D eigenvalue weighted by atomic mass is 16.2. The molecule has 1 heterocycles. The highest BCUT2D eigenvalue weighted by Gasteiger charge is 2.35. The molecule has 1 aliphatic rings. The van der Waals surface area contributed by atoms with Crippen molar-refractivity contribution in [2.45, 2.75) is 6.92 Å². The van der Waals surface area contributed by atoms with Crippen molar-refractivity contribution in [1.82, 2.24) is 10.2 Å². The lowest BCUT2D eigenvalue weighted by Crippen LogP contribution is -2.31. The fraction of sp³-hybridized carbons (Fsp3) is 0.286. The molecule has 0 bridgehead atoms. The van der Waals surface area contributed by atoms with Gasteiger partial charge in [-0.1, -0.05) is 5.92 Å². The van der Waals surface area contributed by atoms with Crippen LogP contribution in [0.1, 0.15) is 6.92 Å². The van der Waals surface area contributed by atoms with Gasteiger partial charge in [-0.2, -0.15) is 0 Å². The Morgan fingerprint density at radius 2 is 2.08 bits per heavy atom. The average molecular weight is 166 g/mol.